The van der Waals surface area contributed by atoms with Crippen molar-refractivity contribution in [3.8, 4) is 0 Å². The quantitative estimate of drug-likeness (QED) is 0.0722. The van der Waals surface area contributed by atoms with Gasteiger partial charge < -0.3 is 21.3 Å². The number of nitrogens with zero attached hydrogens (tertiary/aromatic N) is 3. The van der Waals surface area contributed by atoms with Crippen molar-refractivity contribution in [2.45, 2.75) is 29.8 Å². The number of anilines is 1. The summed E-state index contributed by atoms with van der Waals surface area (Å²) in [5, 5.41) is 43.2. The van der Waals surface area contributed by atoms with E-state index < -0.39 is 96.5 Å². The summed E-state index contributed by atoms with van der Waals surface area (Å²) in [6.07, 6.45) is -0.866. The number of amides is 2. The molecule has 0 aliphatic carbocycles. The molecule has 0 aliphatic rings. The lowest BCUT2D eigenvalue weighted by Crippen LogP contribution is -2.51. The average molecular weight is 553 g/mol. The minimum absolute atomic E-state index is 0.0660. The maximum atomic E-state index is 13.1. The highest BCUT2D eigenvalue weighted by Crippen LogP contribution is 2.40. The van der Waals surface area contributed by atoms with Crippen molar-refractivity contribution in [2.75, 3.05) is 17.2 Å². The van der Waals surface area contributed by atoms with Crippen LogP contribution >= 0.6 is 12.6 Å². The van der Waals surface area contributed by atoms with Gasteiger partial charge in [-0.1, -0.05) is 0 Å². The van der Waals surface area contributed by atoms with Crippen LogP contribution in [-0.2, 0) is 29.3 Å². The number of nitrogens with two attached hydrogens (primary N) is 1. The predicted octanol–water partition coefficient (Wildman–Crippen LogP) is -1.23. The third-order valence-corrected chi connectivity index (χ3v) is 5.58. The number of carbonyl (C=O) groups excluding carboxylic acids is 2. The van der Waals surface area contributed by atoms with Crippen LogP contribution in [-0.4, -0.2) is 81.2 Å². The Balaban J connectivity index is 3.61. The lowest BCUT2D eigenvalue weighted by molar-refractivity contribution is -0.393. The Morgan fingerprint density at radius 1 is 1.11 bits per heavy atom. The van der Waals surface area contributed by atoms with E-state index in [1.807, 2.05) is 0 Å². The van der Waals surface area contributed by atoms with Crippen molar-refractivity contribution in [3.05, 3.63) is 32.4 Å². The highest BCUT2D eigenvalue weighted by Gasteiger charge is 2.39. The lowest BCUT2D eigenvalue weighted by atomic mass is 10.1. The Morgan fingerprint density at radius 2 is 1.61 bits per heavy atom. The van der Waals surface area contributed by atoms with E-state index in [2.05, 4.69) is 17.9 Å². The van der Waals surface area contributed by atoms with Gasteiger partial charge >= 0.3 is 23.3 Å². The van der Waals surface area contributed by atoms with Crippen LogP contribution in [0.3, 0.4) is 0 Å². The first kappa shape index (κ1) is 30.2. The molecule has 1 aromatic rings. The molecule has 18 nitrogen and oxygen atoms in total. The summed E-state index contributed by atoms with van der Waals surface area (Å²) in [7, 11) is -5.21. The molecule has 0 aromatic heterocycles. The zero-order valence-corrected chi connectivity index (χ0v) is 19.5. The van der Waals surface area contributed by atoms with Gasteiger partial charge in [-0.2, -0.15) is 21.0 Å². The van der Waals surface area contributed by atoms with Crippen LogP contribution in [0.5, 0.6) is 0 Å². The zero-order valence-electron chi connectivity index (χ0n) is 17.8. The minimum atomic E-state index is -5.21. The molecule has 0 saturated heterocycles. The first-order chi connectivity index (χ1) is 16.5. The number of nitro benzene ring substituents is 2. The fraction of sp³-hybridized carbons (Fsp3) is 0.375. The molecule has 0 radical (unpaired) electrons. The van der Waals surface area contributed by atoms with E-state index in [1.165, 1.54) is 0 Å². The molecule has 1 aromatic carbocycles. The molecule has 2 atom stereocenters. The van der Waals surface area contributed by atoms with Crippen molar-refractivity contribution in [1.29, 1.82) is 0 Å². The number of rotatable bonds is 13. The van der Waals surface area contributed by atoms with Crippen LogP contribution in [0, 0.1) is 20.2 Å². The van der Waals surface area contributed by atoms with Gasteiger partial charge in [-0.25, -0.2) is 0 Å². The summed E-state index contributed by atoms with van der Waals surface area (Å²) in [4.78, 5) is 66.7. The third-order valence-electron chi connectivity index (χ3n) is 4.38. The first-order valence-electron chi connectivity index (χ1n) is 9.37. The summed E-state index contributed by atoms with van der Waals surface area (Å²) >= 11 is 3.85. The summed E-state index contributed by atoms with van der Waals surface area (Å²) in [5.74, 6) is -6.13. The Bertz CT molecular complexity index is 1170. The Kier molecular flexibility index (Phi) is 10.2. The number of nitrogens with one attached hydrogen (secondary N) is 1. The van der Waals surface area contributed by atoms with Gasteiger partial charge in [-0.05, 0) is 6.42 Å². The molecule has 0 aliphatic heterocycles. The van der Waals surface area contributed by atoms with E-state index in [4.69, 9.17) is 10.8 Å². The molecule has 0 saturated carbocycles. The second-order valence-electron chi connectivity index (χ2n) is 6.90. The molecule has 2 unspecified atom stereocenters. The summed E-state index contributed by atoms with van der Waals surface area (Å²) in [5.41, 5.74) is 1.21. The number of thiol groups is 1. The lowest BCUT2D eigenvalue weighted by Gasteiger charge is -2.25. The van der Waals surface area contributed by atoms with Gasteiger partial charge in [0.25, 0.3) is 16.0 Å². The minimum Gasteiger partial charge on any atom is -0.480 e. The van der Waals surface area contributed by atoms with Gasteiger partial charge in [0.1, 0.15) is 23.5 Å². The predicted molar refractivity (Wildman–Crippen MR) is 120 cm³/mol. The molecule has 198 valence electrons. The van der Waals surface area contributed by atoms with Gasteiger partial charge in [0.05, 0.1) is 9.85 Å². The Morgan fingerprint density at radius 3 is 1.97 bits per heavy atom. The summed E-state index contributed by atoms with van der Waals surface area (Å²) in [6, 6.07) is -2.78. The van der Waals surface area contributed by atoms with Crippen molar-refractivity contribution in [3.63, 3.8) is 0 Å². The standard InChI is InChI=1S/C16H19N5O13S2/c17-8(16(26)27)1-2-12(22)18-9(6-35)15(25)19(5-13(23)24)14-10(20(28)29)3-7(36(32,33)34)4-11(14)21(30)31/h3-4,8-9,35H,1-2,5-6,17H2,(H,18,22)(H,23,24)(H,26,27)(H,32,33,34). The molecule has 0 fully saturated rings. The van der Waals surface area contributed by atoms with Crippen molar-refractivity contribution < 1.29 is 52.2 Å². The van der Waals surface area contributed by atoms with Crippen LogP contribution in [0.15, 0.2) is 17.0 Å². The Labute approximate surface area is 206 Å². The van der Waals surface area contributed by atoms with Crippen LogP contribution in [0.25, 0.3) is 0 Å². The number of aliphatic carboxylic acids is 2. The smallest absolute Gasteiger partial charge is 0.323 e. The van der Waals surface area contributed by atoms with Crippen LogP contribution in [0.1, 0.15) is 12.8 Å². The van der Waals surface area contributed by atoms with E-state index in [9.17, 15) is 57.5 Å². The normalized spacial score (nSPS) is 12.8. The third kappa shape index (κ3) is 7.83. The summed E-state index contributed by atoms with van der Waals surface area (Å²) in [6.45, 7) is -1.41. The second-order valence-corrected chi connectivity index (χ2v) is 8.69. The maximum absolute atomic E-state index is 13.1. The van der Waals surface area contributed by atoms with Crippen molar-refractivity contribution in [2.24, 2.45) is 5.73 Å². The largest absolute Gasteiger partial charge is 0.480 e. The highest BCUT2D eigenvalue weighted by atomic mass is 32.2. The van der Waals surface area contributed by atoms with Crippen LogP contribution in [0.4, 0.5) is 17.1 Å². The molecule has 1 rings (SSSR count). The summed E-state index contributed by atoms with van der Waals surface area (Å²) < 4.78 is 32.1. The molecule has 36 heavy (non-hydrogen) atoms. The van der Waals surface area contributed by atoms with E-state index in [0.717, 1.165) is 0 Å². The fourth-order valence-corrected chi connectivity index (χ4v) is 3.50. The molecule has 0 heterocycles. The number of carbonyl (C=O) groups is 4. The van der Waals surface area contributed by atoms with Crippen LogP contribution < -0.4 is 16.0 Å². The van der Waals surface area contributed by atoms with E-state index >= 15 is 0 Å². The zero-order chi connectivity index (χ0) is 28.0. The Hall–Kier alpha value is -3.88. The van der Waals surface area contributed by atoms with Crippen molar-refractivity contribution in [1.82, 2.24) is 5.32 Å². The number of benzene rings is 1. The molecule has 0 bridgehead atoms. The topological polar surface area (TPSA) is 291 Å². The number of carboxylic acid groups (broad SMARTS) is 2. The molecule has 0 spiro atoms. The highest BCUT2D eigenvalue weighted by molar-refractivity contribution is 7.85. The second kappa shape index (κ2) is 12.2. The number of hydrogen-bond donors (Lipinski definition) is 6. The van der Waals surface area contributed by atoms with Crippen molar-refractivity contribution >= 4 is 63.6 Å². The molecular formula is C16H19N5O13S2. The molecule has 2 amide bonds. The molecular weight excluding hydrogens is 534 g/mol. The fourth-order valence-electron chi connectivity index (χ4n) is 2.74. The van der Waals surface area contributed by atoms with Gasteiger partial charge in [0, 0.05) is 24.3 Å². The van der Waals surface area contributed by atoms with Crippen LogP contribution in [0.2, 0.25) is 0 Å². The van der Waals surface area contributed by atoms with Gasteiger partial charge in [-0.15, -0.1) is 0 Å². The SMILES string of the molecule is NC(CCC(=O)NC(CS)C(=O)N(CC(=O)O)c1c([N+](=O)[O-])cc(S(=O)(=O)O)cc1[N+](=O)[O-])C(=O)O. The number of carboxylic acids is 2. The average Bonchev–Trinajstić information content (AvgIpc) is 2.76. The van der Waals surface area contributed by atoms with Gasteiger partial charge in [0.2, 0.25) is 11.6 Å². The monoisotopic (exact) mass is 553 g/mol. The maximum Gasteiger partial charge on any atom is 0.323 e. The van der Waals surface area contributed by atoms with E-state index in [-0.39, 0.29) is 23.5 Å². The molecule has 6 N–H and O–H groups in total. The van der Waals surface area contributed by atoms with E-state index in [1.54, 1.807) is 0 Å². The van der Waals surface area contributed by atoms with Gasteiger partial charge in [0.15, 0.2) is 0 Å². The van der Waals surface area contributed by atoms with E-state index in [0.29, 0.717) is 0 Å². The van der Waals surface area contributed by atoms with Gasteiger partial charge in [-0.3, -0.25) is 48.9 Å². The number of nitro groups is 2. The molecule has 20 heteroatoms. The number of hydrogen-bond acceptors (Lipinski definition) is 12. The first-order valence-corrected chi connectivity index (χ1v) is 11.4.